The van der Waals surface area contributed by atoms with Gasteiger partial charge in [-0.1, -0.05) is 31.1 Å². The molecule has 0 radical (unpaired) electrons. The first-order chi connectivity index (χ1) is 9.04. The number of aromatic nitrogens is 1. The Morgan fingerprint density at radius 1 is 1.26 bits per heavy atom. The van der Waals surface area contributed by atoms with Gasteiger partial charge in [0.15, 0.2) is 5.76 Å². The second kappa shape index (κ2) is 5.57. The average molecular weight is 258 g/mol. The van der Waals surface area contributed by atoms with E-state index in [1.54, 1.807) is 0 Å². The molecule has 0 aliphatic rings. The van der Waals surface area contributed by atoms with Gasteiger partial charge in [-0.15, -0.1) is 0 Å². The predicted molar refractivity (Wildman–Crippen MR) is 78.3 cm³/mol. The molecule has 0 atom stereocenters. The lowest BCUT2D eigenvalue weighted by Gasteiger charge is -2.10. The Morgan fingerprint density at radius 2 is 2.00 bits per heavy atom. The molecule has 2 rings (SSSR count). The van der Waals surface area contributed by atoms with E-state index in [9.17, 15) is 0 Å². The van der Waals surface area contributed by atoms with E-state index in [1.807, 2.05) is 6.92 Å². The van der Waals surface area contributed by atoms with Crippen LogP contribution in [-0.2, 0) is 6.42 Å². The van der Waals surface area contributed by atoms with Gasteiger partial charge in [0.1, 0.15) is 0 Å². The van der Waals surface area contributed by atoms with Crippen molar-refractivity contribution in [1.82, 2.24) is 5.16 Å². The van der Waals surface area contributed by atoms with Crippen molar-refractivity contribution in [1.29, 1.82) is 0 Å². The summed E-state index contributed by atoms with van der Waals surface area (Å²) in [7, 11) is 0. The van der Waals surface area contributed by atoms with Gasteiger partial charge in [-0.05, 0) is 49.9 Å². The van der Waals surface area contributed by atoms with Crippen LogP contribution in [0.2, 0.25) is 0 Å². The normalized spacial score (nSPS) is 11.3. The number of rotatable bonds is 4. The molecule has 0 unspecified atom stereocenters. The van der Waals surface area contributed by atoms with Gasteiger partial charge in [-0.3, -0.25) is 0 Å². The molecule has 3 nitrogen and oxygen atoms in total. The van der Waals surface area contributed by atoms with Gasteiger partial charge in [-0.25, -0.2) is 0 Å². The van der Waals surface area contributed by atoms with Crippen LogP contribution in [0.5, 0.6) is 0 Å². The Kier molecular flexibility index (Phi) is 4.05. The monoisotopic (exact) mass is 258 g/mol. The van der Waals surface area contributed by atoms with Crippen molar-refractivity contribution in [3.63, 3.8) is 0 Å². The SMILES string of the molecule is Cc1ccc(C(C)C)cc1-c1onc(C)c1CCN. The highest BCUT2D eigenvalue weighted by molar-refractivity contribution is 5.67. The third-order valence-corrected chi connectivity index (χ3v) is 3.55. The third-order valence-electron chi connectivity index (χ3n) is 3.55. The highest BCUT2D eigenvalue weighted by atomic mass is 16.5. The Bertz CT molecular complexity index is 570. The van der Waals surface area contributed by atoms with Crippen molar-refractivity contribution < 1.29 is 4.52 Å². The molecular weight excluding hydrogens is 236 g/mol. The molecule has 0 aliphatic carbocycles. The molecule has 1 aromatic carbocycles. The Balaban J connectivity index is 2.55. The van der Waals surface area contributed by atoms with Gasteiger partial charge in [0.05, 0.1) is 5.69 Å². The van der Waals surface area contributed by atoms with Crippen LogP contribution in [0.3, 0.4) is 0 Å². The minimum absolute atomic E-state index is 0.501. The third kappa shape index (κ3) is 2.71. The summed E-state index contributed by atoms with van der Waals surface area (Å²) in [6, 6.07) is 6.53. The van der Waals surface area contributed by atoms with Crippen molar-refractivity contribution in [2.45, 2.75) is 40.0 Å². The van der Waals surface area contributed by atoms with E-state index in [0.717, 1.165) is 29.0 Å². The maximum Gasteiger partial charge on any atom is 0.170 e. The number of benzene rings is 1. The van der Waals surface area contributed by atoms with E-state index < -0.39 is 0 Å². The van der Waals surface area contributed by atoms with E-state index >= 15 is 0 Å². The fourth-order valence-corrected chi connectivity index (χ4v) is 2.28. The molecule has 0 fully saturated rings. The van der Waals surface area contributed by atoms with Crippen LogP contribution in [0.1, 0.15) is 42.1 Å². The lowest BCUT2D eigenvalue weighted by atomic mass is 9.94. The molecule has 0 spiro atoms. The van der Waals surface area contributed by atoms with Crippen LogP contribution in [0, 0.1) is 13.8 Å². The number of aryl methyl sites for hydroxylation is 2. The summed E-state index contributed by atoms with van der Waals surface area (Å²) in [4.78, 5) is 0. The van der Waals surface area contributed by atoms with E-state index in [2.05, 4.69) is 44.1 Å². The Hall–Kier alpha value is -1.61. The van der Waals surface area contributed by atoms with Crippen LogP contribution >= 0.6 is 0 Å². The molecular formula is C16H22N2O. The molecule has 0 saturated heterocycles. The van der Waals surface area contributed by atoms with Gasteiger partial charge in [0, 0.05) is 11.1 Å². The Labute approximate surface area is 114 Å². The largest absolute Gasteiger partial charge is 0.356 e. The highest BCUT2D eigenvalue weighted by Gasteiger charge is 2.16. The van der Waals surface area contributed by atoms with Gasteiger partial charge in [-0.2, -0.15) is 0 Å². The topological polar surface area (TPSA) is 52.0 Å². The summed E-state index contributed by atoms with van der Waals surface area (Å²) in [5, 5.41) is 4.10. The zero-order valence-electron chi connectivity index (χ0n) is 12.2. The summed E-state index contributed by atoms with van der Waals surface area (Å²) < 4.78 is 5.54. The quantitative estimate of drug-likeness (QED) is 0.912. The predicted octanol–water partition coefficient (Wildman–Crippen LogP) is 3.58. The van der Waals surface area contributed by atoms with Crippen molar-refractivity contribution in [2.24, 2.45) is 5.73 Å². The van der Waals surface area contributed by atoms with E-state index in [0.29, 0.717) is 12.5 Å². The lowest BCUT2D eigenvalue weighted by molar-refractivity contribution is 0.426. The van der Waals surface area contributed by atoms with Crippen LogP contribution in [0.25, 0.3) is 11.3 Å². The standard InChI is InChI=1S/C16H22N2O/c1-10(2)13-6-5-11(3)15(9-13)16-14(7-8-17)12(4)18-19-16/h5-6,9-10H,7-8,17H2,1-4H3. The minimum atomic E-state index is 0.501. The molecule has 1 aromatic heterocycles. The number of hydrogen-bond donors (Lipinski definition) is 1. The minimum Gasteiger partial charge on any atom is -0.356 e. The first-order valence-electron chi connectivity index (χ1n) is 6.80. The van der Waals surface area contributed by atoms with E-state index in [-0.39, 0.29) is 0 Å². The van der Waals surface area contributed by atoms with Gasteiger partial charge in [0.2, 0.25) is 0 Å². The van der Waals surface area contributed by atoms with Crippen molar-refractivity contribution in [3.8, 4) is 11.3 Å². The summed E-state index contributed by atoms with van der Waals surface area (Å²) in [6.07, 6.45) is 0.802. The smallest absolute Gasteiger partial charge is 0.170 e. The summed E-state index contributed by atoms with van der Waals surface area (Å²) in [6.45, 7) is 9.07. The zero-order valence-corrected chi connectivity index (χ0v) is 12.2. The molecule has 0 amide bonds. The van der Waals surface area contributed by atoms with E-state index in [1.165, 1.54) is 11.1 Å². The number of nitrogens with two attached hydrogens (primary N) is 1. The van der Waals surface area contributed by atoms with Crippen LogP contribution in [0.4, 0.5) is 0 Å². The van der Waals surface area contributed by atoms with Crippen LogP contribution in [0.15, 0.2) is 22.7 Å². The number of nitrogens with zero attached hydrogens (tertiary/aromatic N) is 1. The first-order valence-corrected chi connectivity index (χ1v) is 6.80. The van der Waals surface area contributed by atoms with Gasteiger partial charge < -0.3 is 10.3 Å². The molecule has 1 heterocycles. The number of hydrogen-bond acceptors (Lipinski definition) is 3. The molecule has 3 heteroatoms. The fourth-order valence-electron chi connectivity index (χ4n) is 2.28. The van der Waals surface area contributed by atoms with E-state index in [4.69, 9.17) is 10.3 Å². The zero-order chi connectivity index (χ0) is 14.0. The van der Waals surface area contributed by atoms with Crippen LogP contribution in [-0.4, -0.2) is 11.7 Å². The molecule has 0 aliphatic heterocycles. The molecule has 0 saturated carbocycles. The lowest BCUT2D eigenvalue weighted by Crippen LogP contribution is -2.04. The maximum atomic E-state index is 5.68. The maximum absolute atomic E-state index is 5.68. The second-order valence-electron chi connectivity index (χ2n) is 5.34. The molecule has 0 bridgehead atoms. The van der Waals surface area contributed by atoms with Gasteiger partial charge >= 0.3 is 0 Å². The second-order valence-corrected chi connectivity index (χ2v) is 5.34. The first kappa shape index (κ1) is 13.8. The molecule has 2 N–H and O–H groups in total. The molecule has 102 valence electrons. The summed E-state index contributed by atoms with van der Waals surface area (Å²) in [5.41, 5.74) is 11.4. The van der Waals surface area contributed by atoms with Crippen molar-refractivity contribution in [2.75, 3.05) is 6.54 Å². The van der Waals surface area contributed by atoms with Crippen molar-refractivity contribution >= 4 is 0 Å². The van der Waals surface area contributed by atoms with Crippen LogP contribution < -0.4 is 5.73 Å². The fraction of sp³-hybridized carbons (Fsp3) is 0.438. The molecule has 19 heavy (non-hydrogen) atoms. The summed E-state index contributed by atoms with van der Waals surface area (Å²) in [5.74, 6) is 1.38. The van der Waals surface area contributed by atoms with Gasteiger partial charge in [0.25, 0.3) is 0 Å². The average Bonchev–Trinajstić information content (AvgIpc) is 2.72. The highest BCUT2D eigenvalue weighted by Crippen LogP contribution is 2.31. The Morgan fingerprint density at radius 3 is 2.63 bits per heavy atom. The van der Waals surface area contributed by atoms with Crippen molar-refractivity contribution in [3.05, 3.63) is 40.6 Å². The summed E-state index contributed by atoms with van der Waals surface area (Å²) >= 11 is 0. The molecule has 2 aromatic rings.